The SMILES string of the molecule is COCCN(C)C(=O)c1ccccc1Br. The number of methoxy groups -OCH3 is 1. The van der Waals surface area contributed by atoms with Gasteiger partial charge in [-0.25, -0.2) is 0 Å². The number of amides is 1. The highest BCUT2D eigenvalue weighted by atomic mass is 79.9. The van der Waals surface area contributed by atoms with E-state index in [2.05, 4.69) is 15.9 Å². The summed E-state index contributed by atoms with van der Waals surface area (Å²) in [6, 6.07) is 7.39. The van der Waals surface area contributed by atoms with Crippen molar-refractivity contribution in [1.29, 1.82) is 0 Å². The fraction of sp³-hybridized carbons (Fsp3) is 0.364. The monoisotopic (exact) mass is 271 g/mol. The molecule has 4 heteroatoms. The van der Waals surface area contributed by atoms with Crippen LogP contribution in [0.25, 0.3) is 0 Å². The molecule has 0 aliphatic heterocycles. The van der Waals surface area contributed by atoms with E-state index in [1.165, 1.54) is 0 Å². The molecule has 0 aliphatic rings. The van der Waals surface area contributed by atoms with Crippen LogP contribution in [0, 0.1) is 0 Å². The van der Waals surface area contributed by atoms with Gasteiger partial charge in [-0.3, -0.25) is 4.79 Å². The van der Waals surface area contributed by atoms with Gasteiger partial charge in [0, 0.05) is 25.2 Å². The Morgan fingerprint density at radius 2 is 2.13 bits per heavy atom. The van der Waals surface area contributed by atoms with Crippen molar-refractivity contribution in [2.45, 2.75) is 0 Å². The summed E-state index contributed by atoms with van der Waals surface area (Å²) in [5.41, 5.74) is 0.677. The number of carbonyl (C=O) groups excluding carboxylic acids is 1. The zero-order chi connectivity index (χ0) is 11.3. The second kappa shape index (κ2) is 5.88. The summed E-state index contributed by atoms with van der Waals surface area (Å²) >= 11 is 3.35. The topological polar surface area (TPSA) is 29.5 Å². The minimum atomic E-state index is -0.000440. The standard InChI is InChI=1S/C11H14BrNO2/c1-13(7-8-15-2)11(14)9-5-3-4-6-10(9)12/h3-6H,7-8H2,1-2H3. The van der Waals surface area contributed by atoms with Gasteiger partial charge >= 0.3 is 0 Å². The van der Waals surface area contributed by atoms with Crippen LogP contribution in [0.5, 0.6) is 0 Å². The van der Waals surface area contributed by atoms with E-state index in [4.69, 9.17) is 4.74 Å². The van der Waals surface area contributed by atoms with Gasteiger partial charge in [0.05, 0.1) is 12.2 Å². The molecule has 0 radical (unpaired) electrons. The first kappa shape index (κ1) is 12.2. The Kier molecular flexibility index (Phi) is 4.78. The van der Waals surface area contributed by atoms with Gasteiger partial charge < -0.3 is 9.64 Å². The third kappa shape index (κ3) is 3.32. The predicted octanol–water partition coefficient (Wildman–Crippen LogP) is 2.17. The summed E-state index contributed by atoms with van der Waals surface area (Å²) in [6.45, 7) is 1.14. The molecule has 0 aliphatic carbocycles. The number of hydrogen-bond donors (Lipinski definition) is 0. The van der Waals surface area contributed by atoms with Crippen LogP contribution in [0.15, 0.2) is 28.7 Å². The smallest absolute Gasteiger partial charge is 0.254 e. The molecular weight excluding hydrogens is 258 g/mol. The number of hydrogen-bond acceptors (Lipinski definition) is 2. The maximum Gasteiger partial charge on any atom is 0.254 e. The highest BCUT2D eigenvalue weighted by molar-refractivity contribution is 9.10. The minimum absolute atomic E-state index is 0.000440. The van der Waals surface area contributed by atoms with Gasteiger partial charge in [-0.1, -0.05) is 12.1 Å². The maximum absolute atomic E-state index is 11.9. The summed E-state index contributed by atoms with van der Waals surface area (Å²) in [4.78, 5) is 13.6. The average Bonchev–Trinajstić information content (AvgIpc) is 2.25. The third-order valence-corrected chi connectivity index (χ3v) is 2.77. The van der Waals surface area contributed by atoms with Crippen molar-refractivity contribution < 1.29 is 9.53 Å². The third-order valence-electron chi connectivity index (χ3n) is 2.08. The molecule has 1 rings (SSSR count). The van der Waals surface area contributed by atoms with Crippen LogP contribution in [0.3, 0.4) is 0 Å². The van der Waals surface area contributed by atoms with E-state index in [0.29, 0.717) is 18.7 Å². The zero-order valence-corrected chi connectivity index (χ0v) is 10.5. The van der Waals surface area contributed by atoms with Gasteiger partial charge in [-0.2, -0.15) is 0 Å². The number of benzene rings is 1. The van der Waals surface area contributed by atoms with Gasteiger partial charge in [-0.15, -0.1) is 0 Å². The largest absolute Gasteiger partial charge is 0.383 e. The van der Waals surface area contributed by atoms with Crippen molar-refractivity contribution in [3.8, 4) is 0 Å². The molecule has 1 amide bonds. The fourth-order valence-electron chi connectivity index (χ4n) is 1.17. The quantitative estimate of drug-likeness (QED) is 0.840. The highest BCUT2D eigenvalue weighted by Crippen LogP contribution is 2.17. The summed E-state index contributed by atoms with van der Waals surface area (Å²) in [5.74, 6) is -0.000440. The predicted molar refractivity (Wildman–Crippen MR) is 63.0 cm³/mol. The van der Waals surface area contributed by atoms with Crippen LogP contribution in [0.1, 0.15) is 10.4 Å². The second-order valence-electron chi connectivity index (χ2n) is 3.20. The lowest BCUT2D eigenvalue weighted by molar-refractivity contribution is 0.0743. The number of carbonyl (C=O) groups is 1. The molecule has 0 N–H and O–H groups in total. The van der Waals surface area contributed by atoms with Gasteiger partial charge in [0.2, 0.25) is 0 Å². The molecule has 0 spiro atoms. The van der Waals surface area contributed by atoms with Crippen molar-refractivity contribution >= 4 is 21.8 Å². The lowest BCUT2D eigenvalue weighted by Crippen LogP contribution is -2.30. The van der Waals surface area contributed by atoms with Crippen LogP contribution < -0.4 is 0 Å². The van der Waals surface area contributed by atoms with Crippen molar-refractivity contribution in [3.63, 3.8) is 0 Å². The Labute approximate surface area is 98.2 Å². The number of nitrogens with zero attached hydrogens (tertiary/aromatic N) is 1. The van der Waals surface area contributed by atoms with Crippen LogP contribution >= 0.6 is 15.9 Å². The number of halogens is 1. The Morgan fingerprint density at radius 1 is 1.47 bits per heavy atom. The lowest BCUT2D eigenvalue weighted by atomic mass is 10.2. The summed E-state index contributed by atoms with van der Waals surface area (Å²) < 4.78 is 5.74. The Bertz CT molecular complexity index is 341. The van der Waals surface area contributed by atoms with E-state index in [1.54, 1.807) is 25.1 Å². The first-order valence-electron chi connectivity index (χ1n) is 4.65. The molecule has 0 aromatic heterocycles. The maximum atomic E-state index is 11.9. The first-order chi connectivity index (χ1) is 7.16. The van der Waals surface area contributed by atoms with Crippen LogP contribution in [-0.4, -0.2) is 38.1 Å². The van der Waals surface area contributed by atoms with Gasteiger partial charge in [0.15, 0.2) is 0 Å². The van der Waals surface area contributed by atoms with Crippen molar-refractivity contribution in [3.05, 3.63) is 34.3 Å². The normalized spacial score (nSPS) is 10.1. The highest BCUT2D eigenvalue weighted by Gasteiger charge is 2.13. The van der Waals surface area contributed by atoms with Crippen LogP contribution in [0.4, 0.5) is 0 Å². The first-order valence-corrected chi connectivity index (χ1v) is 5.45. The second-order valence-corrected chi connectivity index (χ2v) is 4.05. The molecule has 82 valence electrons. The molecule has 0 fully saturated rings. The molecule has 3 nitrogen and oxygen atoms in total. The summed E-state index contributed by atoms with van der Waals surface area (Å²) in [6.07, 6.45) is 0. The van der Waals surface area contributed by atoms with E-state index in [1.807, 2.05) is 18.2 Å². The Hall–Kier alpha value is -0.870. The molecule has 0 heterocycles. The van der Waals surface area contributed by atoms with E-state index < -0.39 is 0 Å². The molecule has 0 unspecified atom stereocenters. The van der Waals surface area contributed by atoms with E-state index in [-0.39, 0.29) is 5.91 Å². The van der Waals surface area contributed by atoms with Crippen molar-refractivity contribution in [2.75, 3.05) is 27.3 Å². The number of rotatable bonds is 4. The van der Waals surface area contributed by atoms with Gasteiger partial charge in [-0.05, 0) is 28.1 Å². The number of ether oxygens (including phenoxy) is 1. The Morgan fingerprint density at radius 3 is 2.73 bits per heavy atom. The van der Waals surface area contributed by atoms with E-state index in [0.717, 1.165) is 4.47 Å². The average molecular weight is 272 g/mol. The van der Waals surface area contributed by atoms with Gasteiger partial charge in [0.25, 0.3) is 5.91 Å². The molecule has 0 saturated carbocycles. The fourth-order valence-corrected chi connectivity index (χ4v) is 1.62. The van der Waals surface area contributed by atoms with E-state index in [9.17, 15) is 4.79 Å². The lowest BCUT2D eigenvalue weighted by Gasteiger charge is -2.17. The van der Waals surface area contributed by atoms with Crippen LogP contribution in [0.2, 0.25) is 0 Å². The molecular formula is C11H14BrNO2. The molecule has 0 saturated heterocycles. The molecule has 15 heavy (non-hydrogen) atoms. The molecule has 1 aromatic carbocycles. The summed E-state index contributed by atoms with van der Waals surface area (Å²) in [7, 11) is 3.39. The van der Waals surface area contributed by atoms with E-state index >= 15 is 0 Å². The van der Waals surface area contributed by atoms with Crippen molar-refractivity contribution in [2.24, 2.45) is 0 Å². The molecule has 0 bridgehead atoms. The number of likely N-dealkylation sites (N-methyl/N-ethyl adjacent to an activating group) is 1. The minimum Gasteiger partial charge on any atom is -0.383 e. The van der Waals surface area contributed by atoms with Gasteiger partial charge in [0.1, 0.15) is 0 Å². The summed E-state index contributed by atoms with van der Waals surface area (Å²) in [5, 5.41) is 0. The zero-order valence-electron chi connectivity index (χ0n) is 8.87. The Balaban J connectivity index is 2.72. The van der Waals surface area contributed by atoms with Crippen molar-refractivity contribution in [1.82, 2.24) is 4.90 Å². The van der Waals surface area contributed by atoms with Crippen LogP contribution in [-0.2, 0) is 4.74 Å². The molecule has 1 aromatic rings. The molecule has 0 atom stereocenters.